The molecule has 11 heavy (non-hydrogen) atoms. The first-order chi connectivity index (χ1) is 5.25. The molecule has 1 unspecified atom stereocenters. The molecule has 1 rings (SSSR count). The molecule has 1 heterocycles. The predicted molar refractivity (Wildman–Crippen MR) is 38.2 cm³/mol. The Labute approximate surface area is 66.2 Å². The van der Waals surface area contributed by atoms with Crippen molar-refractivity contribution in [1.82, 2.24) is 10.4 Å². The van der Waals surface area contributed by atoms with E-state index in [0.717, 1.165) is 0 Å². The van der Waals surface area contributed by atoms with Crippen LogP contribution in [0.4, 0.5) is 8.78 Å². The zero-order chi connectivity index (χ0) is 8.27. The summed E-state index contributed by atoms with van der Waals surface area (Å²) in [5, 5.41) is 1.54. The Morgan fingerprint density at radius 3 is 2.73 bits per heavy atom. The fraction of sp³-hybridized carbons (Fsp3) is 0.400. The van der Waals surface area contributed by atoms with Gasteiger partial charge in [-0.05, 0) is 0 Å². The number of thiazole rings is 1. The summed E-state index contributed by atoms with van der Waals surface area (Å²) in [6.45, 7) is 0. The van der Waals surface area contributed by atoms with Crippen molar-refractivity contribution in [3.05, 3.63) is 16.6 Å². The van der Waals surface area contributed by atoms with Gasteiger partial charge in [-0.15, -0.1) is 11.3 Å². The molecule has 0 fully saturated rings. The van der Waals surface area contributed by atoms with E-state index in [4.69, 9.17) is 5.84 Å². The van der Waals surface area contributed by atoms with Crippen molar-refractivity contribution in [1.29, 1.82) is 0 Å². The highest BCUT2D eigenvalue weighted by molar-refractivity contribution is 7.07. The Balaban J connectivity index is 2.71. The molecule has 0 bridgehead atoms. The first kappa shape index (κ1) is 8.51. The van der Waals surface area contributed by atoms with Gasteiger partial charge in [0, 0.05) is 5.38 Å². The number of hydrogen-bond donors (Lipinski definition) is 2. The van der Waals surface area contributed by atoms with Crippen molar-refractivity contribution in [3.8, 4) is 0 Å². The van der Waals surface area contributed by atoms with Crippen molar-refractivity contribution in [2.24, 2.45) is 5.84 Å². The molecule has 1 atom stereocenters. The standard InChI is InChI=1S/C5H7F2N3S/c6-5(7)4(10-8)3-1-11-2-9-3/h1-2,4-5,10H,8H2. The van der Waals surface area contributed by atoms with Crippen molar-refractivity contribution in [2.75, 3.05) is 0 Å². The monoisotopic (exact) mass is 179 g/mol. The Morgan fingerprint density at radius 2 is 2.36 bits per heavy atom. The van der Waals surface area contributed by atoms with Crippen LogP contribution in [-0.4, -0.2) is 11.4 Å². The summed E-state index contributed by atoms with van der Waals surface area (Å²) in [7, 11) is 0. The van der Waals surface area contributed by atoms with Crippen LogP contribution in [-0.2, 0) is 0 Å². The maximum Gasteiger partial charge on any atom is 0.260 e. The van der Waals surface area contributed by atoms with E-state index < -0.39 is 12.5 Å². The average molecular weight is 179 g/mol. The van der Waals surface area contributed by atoms with E-state index in [9.17, 15) is 8.78 Å². The molecule has 62 valence electrons. The fourth-order valence-corrected chi connectivity index (χ4v) is 1.25. The number of aromatic nitrogens is 1. The van der Waals surface area contributed by atoms with Gasteiger partial charge in [-0.2, -0.15) is 0 Å². The number of alkyl halides is 2. The van der Waals surface area contributed by atoms with Crippen LogP contribution in [0.3, 0.4) is 0 Å². The second kappa shape index (κ2) is 3.70. The normalized spacial score (nSPS) is 13.8. The highest BCUT2D eigenvalue weighted by Crippen LogP contribution is 2.18. The van der Waals surface area contributed by atoms with Crippen LogP contribution in [0, 0.1) is 0 Å². The van der Waals surface area contributed by atoms with E-state index in [1.165, 1.54) is 22.2 Å². The number of halogens is 2. The minimum Gasteiger partial charge on any atom is -0.271 e. The molecular formula is C5H7F2N3S. The minimum atomic E-state index is -2.53. The maximum atomic E-state index is 12.1. The summed E-state index contributed by atoms with van der Waals surface area (Å²) >= 11 is 1.26. The number of nitrogens with one attached hydrogen (secondary N) is 1. The fourth-order valence-electron chi connectivity index (χ4n) is 0.663. The molecule has 0 saturated heterocycles. The third-order valence-electron chi connectivity index (χ3n) is 1.20. The SMILES string of the molecule is NNC(c1cscn1)C(F)F. The van der Waals surface area contributed by atoms with E-state index in [1.54, 1.807) is 0 Å². The van der Waals surface area contributed by atoms with Crippen LogP contribution in [0.5, 0.6) is 0 Å². The van der Waals surface area contributed by atoms with Gasteiger partial charge in [0.15, 0.2) is 0 Å². The van der Waals surface area contributed by atoms with Crippen LogP contribution < -0.4 is 11.3 Å². The third kappa shape index (κ3) is 1.92. The van der Waals surface area contributed by atoms with E-state index in [1.807, 2.05) is 5.43 Å². The molecule has 0 radical (unpaired) electrons. The van der Waals surface area contributed by atoms with E-state index in [0.29, 0.717) is 0 Å². The van der Waals surface area contributed by atoms with Gasteiger partial charge in [-0.3, -0.25) is 5.84 Å². The van der Waals surface area contributed by atoms with Crippen LogP contribution in [0.2, 0.25) is 0 Å². The summed E-state index contributed by atoms with van der Waals surface area (Å²) in [5.74, 6) is 4.90. The van der Waals surface area contributed by atoms with E-state index in [2.05, 4.69) is 4.98 Å². The Kier molecular flexibility index (Phi) is 2.86. The molecule has 0 aliphatic carbocycles. The zero-order valence-corrected chi connectivity index (χ0v) is 6.31. The number of hydrogen-bond acceptors (Lipinski definition) is 4. The summed E-state index contributed by atoms with van der Waals surface area (Å²) in [6, 6.07) is -1.15. The molecule has 3 nitrogen and oxygen atoms in total. The molecule has 0 aromatic carbocycles. The maximum absolute atomic E-state index is 12.1. The van der Waals surface area contributed by atoms with Crippen molar-refractivity contribution >= 4 is 11.3 Å². The highest BCUT2D eigenvalue weighted by atomic mass is 32.1. The van der Waals surface area contributed by atoms with Gasteiger partial charge in [-0.1, -0.05) is 0 Å². The topological polar surface area (TPSA) is 50.9 Å². The van der Waals surface area contributed by atoms with Crippen molar-refractivity contribution < 1.29 is 8.78 Å². The number of rotatable bonds is 3. The van der Waals surface area contributed by atoms with E-state index in [-0.39, 0.29) is 5.69 Å². The zero-order valence-electron chi connectivity index (χ0n) is 5.50. The molecule has 1 aromatic rings. The lowest BCUT2D eigenvalue weighted by atomic mass is 10.2. The van der Waals surface area contributed by atoms with E-state index >= 15 is 0 Å². The molecule has 3 N–H and O–H groups in total. The smallest absolute Gasteiger partial charge is 0.260 e. The molecule has 6 heteroatoms. The quantitative estimate of drug-likeness (QED) is 0.535. The molecule has 0 aliphatic heterocycles. The molecule has 0 aliphatic rings. The van der Waals surface area contributed by atoms with Gasteiger partial charge in [0.25, 0.3) is 6.43 Å². The van der Waals surface area contributed by atoms with Crippen molar-refractivity contribution in [2.45, 2.75) is 12.5 Å². The lowest BCUT2D eigenvalue weighted by Crippen LogP contribution is -2.33. The lowest BCUT2D eigenvalue weighted by Gasteiger charge is -2.10. The third-order valence-corrected chi connectivity index (χ3v) is 1.81. The first-order valence-corrected chi connectivity index (χ1v) is 3.82. The van der Waals surface area contributed by atoms with Gasteiger partial charge < -0.3 is 0 Å². The summed E-state index contributed by atoms with van der Waals surface area (Å²) in [4.78, 5) is 3.70. The second-order valence-corrected chi connectivity index (χ2v) is 2.61. The van der Waals surface area contributed by atoms with Gasteiger partial charge in [0.1, 0.15) is 6.04 Å². The molecule has 0 amide bonds. The van der Waals surface area contributed by atoms with Crippen LogP contribution in [0.1, 0.15) is 11.7 Å². The molecular weight excluding hydrogens is 172 g/mol. The molecule has 0 spiro atoms. The van der Waals surface area contributed by atoms with Crippen molar-refractivity contribution in [3.63, 3.8) is 0 Å². The van der Waals surface area contributed by atoms with Gasteiger partial charge >= 0.3 is 0 Å². The first-order valence-electron chi connectivity index (χ1n) is 2.88. The highest BCUT2D eigenvalue weighted by Gasteiger charge is 2.21. The molecule has 1 aromatic heterocycles. The van der Waals surface area contributed by atoms with Crippen LogP contribution >= 0.6 is 11.3 Å². The Hall–Kier alpha value is -0.590. The molecule has 0 saturated carbocycles. The number of hydrazine groups is 1. The summed E-state index contributed by atoms with van der Waals surface area (Å²) in [6.07, 6.45) is -2.53. The second-order valence-electron chi connectivity index (χ2n) is 1.89. The Bertz CT molecular complexity index is 202. The summed E-state index contributed by atoms with van der Waals surface area (Å²) in [5.41, 5.74) is 3.77. The lowest BCUT2D eigenvalue weighted by molar-refractivity contribution is 0.0970. The largest absolute Gasteiger partial charge is 0.271 e. The number of nitrogens with two attached hydrogens (primary N) is 1. The number of nitrogens with zero attached hydrogens (tertiary/aromatic N) is 1. The summed E-state index contributed by atoms with van der Waals surface area (Å²) < 4.78 is 24.2. The average Bonchev–Trinajstić information content (AvgIpc) is 2.40. The Morgan fingerprint density at radius 1 is 1.64 bits per heavy atom. The van der Waals surface area contributed by atoms with Gasteiger partial charge in [0.05, 0.1) is 11.2 Å². The van der Waals surface area contributed by atoms with Crippen LogP contribution in [0.25, 0.3) is 0 Å². The van der Waals surface area contributed by atoms with Crippen LogP contribution in [0.15, 0.2) is 10.9 Å². The van der Waals surface area contributed by atoms with Gasteiger partial charge in [-0.25, -0.2) is 19.2 Å². The van der Waals surface area contributed by atoms with Gasteiger partial charge in [0.2, 0.25) is 0 Å². The predicted octanol–water partition coefficient (Wildman–Crippen LogP) is 0.913. The minimum absolute atomic E-state index is 0.285.